The summed E-state index contributed by atoms with van der Waals surface area (Å²) < 4.78 is 0. The van der Waals surface area contributed by atoms with Gasteiger partial charge in [-0.25, -0.2) is 0 Å². The van der Waals surface area contributed by atoms with Crippen molar-refractivity contribution in [3.8, 4) is 0 Å². The molecule has 0 amide bonds. The third kappa shape index (κ3) is 1.95. The molecule has 1 aliphatic carbocycles. The average Bonchev–Trinajstić information content (AvgIpc) is 3.11. The topological polar surface area (TPSA) is 0 Å². The molecule has 0 saturated heterocycles. The molecule has 88 valence electrons. The molecule has 2 aromatic carbocycles. The van der Waals surface area contributed by atoms with Crippen molar-refractivity contribution in [3.05, 3.63) is 48.0 Å². The molecule has 1 heteroatoms. The predicted molar refractivity (Wildman–Crippen MR) is 74.6 cm³/mol. The van der Waals surface area contributed by atoms with Crippen LogP contribution in [0.2, 0.25) is 0 Å². The maximum absolute atomic E-state index is 6.33. The molecule has 0 bridgehead atoms. The molecule has 3 rings (SSSR count). The Morgan fingerprint density at radius 2 is 1.82 bits per heavy atom. The van der Waals surface area contributed by atoms with E-state index < -0.39 is 0 Å². The van der Waals surface area contributed by atoms with Crippen LogP contribution in [0.15, 0.2) is 42.5 Å². The summed E-state index contributed by atoms with van der Waals surface area (Å²) in [7, 11) is 0. The zero-order chi connectivity index (χ0) is 11.9. The van der Waals surface area contributed by atoms with Gasteiger partial charge in [-0.15, -0.1) is 11.6 Å². The Bertz CT molecular complexity index is 533. The van der Waals surface area contributed by atoms with Gasteiger partial charge in [0.15, 0.2) is 0 Å². The fourth-order valence-electron chi connectivity index (χ4n) is 2.70. The van der Waals surface area contributed by atoms with Crippen molar-refractivity contribution in [2.75, 3.05) is 0 Å². The van der Waals surface area contributed by atoms with E-state index in [4.69, 9.17) is 11.6 Å². The maximum Gasteiger partial charge on any atom is 0.0367 e. The van der Waals surface area contributed by atoms with Crippen LogP contribution in [0.1, 0.15) is 25.3 Å². The minimum Gasteiger partial charge on any atom is -0.123 e. The molecular weight excluding hydrogens is 228 g/mol. The quantitative estimate of drug-likeness (QED) is 0.681. The van der Waals surface area contributed by atoms with Crippen molar-refractivity contribution < 1.29 is 0 Å². The first kappa shape index (κ1) is 11.1. The zero-order valence-corrected chi connectivity index (χ0v) is 10.9. The Morgan fingerprint density at radius 1 is 1.12 bits per heavy atom. The van der Waals surface area contributed by atoms with E-state index in [-0.39, 0.29) is 5.38 Å². The first-order chi connectivity index (χ1) is 8.21. The lowest BCUT2D eigenvalue weighted by molar-refractivity contribution is 0.498. The number of hydrogen-bond donors (Lipinski definition) is 0. The molecule has 0 spiro atoms. The predicted octanol–water partition coefficient (Wildman–Crippen LogP) is 4.79. The fourth-order valence-corrected chi connectivity index (χ4v) is 3.00. The Kier molecular flexibility index (Phi) is 2.63. The molecule has 0 N–H and O–H groups in total. The van der Waals surface area contributed by atoms with Gasteiger partial charge in [-0.2, -0.15) is 0 Å². The van der Waals surface area contributed by atoms with Gasteiger partial charge in [0.1, 0.15) is 0 Å². The van der Waals surface area contributed by atoms with Crippen LogP contribution in [0, 0.1) is 5.41 Å². The van der Waals surface area contributed by atoms with Crippen LogP contribution < -0.4 is 0 Å². The third-order valence-electron chi connectivity index (χ3n) is 4.16. The van der Waals surface area contributed by atoms with Crippen molar-refractivity contribution in [2.24, 2.45) is 5.41 Å². The van der Waals surface area contributed by atoms with Crippen molar-refractivity contribution in [3.63, 3.8) is 0 Å². The van der Waals surface area contributed by atoms with Crippen LogP contribution >= 0.6 is 11.6 Å². The second-order valence-electron chi connectivity index (χ2n) is 5.29. The normalized spacial score (nSPS) is 19.2. The highest BCUT2D eigenvalue weighted by molar-refractivity contribution is 6.21. The molecule has 0 heterocycles. The van der Waals surface area contributed by atoms with Gasteiger partial charge >= 0.3 is 0 Å². The van der Waals surface area contributed by atoms with E-state index in [1.54, 1.807) is 0 Å². The summed E-state index contributed by atoms with van der Waals surface area (Å²) in [5.41, 5.74) is 1.82. The lowest BCUT2D eigenvalue weighted by Gasteiger charge is -2.18. The summed E-state index contributed by atoms with van der Waals surface area (Å²) in [5, 5.41) is 3.00. The summed E-state index contributed by atoms with van der Waals surface area (Å²) in [6, 6.07) is 15.2. The summed E-state index contributed by atoms with van der Waals surface area (Å²) in [5.74, 6) is 0. The fraction of sp³-hybridized carbons (Fsp3) is 0.375. The maximum atomic E-state index is 6.33. The summed E-state index contributed by atoms with van der Waals surface area (Å²) in [6.07, 6.45) is 3.68. The second kappa shape index (κ2) is 4.03. The first-order valence-corrected chi connectivity index (χ1v) is 6.76. The number of rotatable bonds is 3. The molecule has 0 aromatic heterocycles. The van der Waals surface area contributed by atoms with Gasteiger partial charge in [0, 0.05) is 5.38 Å². The van der Waals surface area contributed by atoms with Crippen LogP contribution in [0.4, 0.5) is 0 Å². The number of halogens is 1. The molecule has 1 aliphatic rings. The highest BCUT2D eigenvalue weighted by Crippen LogP contribution is 2.53. The van der Waals surface area contributed by atoms with Gasteiger partial charge < -0.3 is 0 Å². The van der Waals surface area contributed by atoms with Gasteiger partial charge in [-0.3, -0.25) is 0 Å². The summed E-state index contributed by atoms with van der Waals surface area (Å²) in [6.45, 7) is 2.14. The minimum absolute atomic E-state index is 0.279. The Balaban J connectivity index is 2.01. The van der Waals surface area contributed by atoms with Crippen molar-refractivity contribution >= 4 is 22.4 Å². The van der Waals surface area contributed by atoms with Crippen molar-refractivity contribution in [2.45, 2.75) is 31.6 Å². The van der Waals surface area contributed by atoms with Crippen LogP contribution in [0.5, 0.6) is 0 Å². The van der Waals surface area contributed by atoms with Crippen LogP contribution in [0.25, 0.3) is 10.8 Å². The first-order valence-electron chi connectivity index (χ1n) is 6.32. The smallest absolute Gasteiger partial charge is 0.0367 e. The van der Waals surface area contributed by atoms with Gasteiger partial charge in [0.05, 0.1) is 0 Å². The van der Waals surface area contributed by atoms with E-state index >= 15 is 0 Å². The number of benzene rings is 2. The lowest BCUT2D eigenvalue weighted by Crippen LogP contribution is -2.15. The van der Waals surface area contributed by atoms with Gasteiger partial charge in [0.2, 0.25) is 0 Å². The molecule has 1 unspecified atom stereocenters. The number of fused-ring (bicyclic) bond motifs is 1. The summed E-state index contributed by atoms with van der Waals surface area (Å²) >= 11 is 6.33. The lowest BCUT2D eigenvalue weighted by atomic mass is 9.90. The van der Waals surface area contributed by atoms with Gasteiger partial charge in [-0.1, -0.05) is 42.5 Å². The minimum atomic E-state index is 0.279. The van der Waals surface area contributed by atoms with Crippen LogP contribution in [-0.4, -0.2) is 5.38 Å². The number of hydrogen-bond acceptors (Lipinski definition) is 0. The molecule has 0 nitrogen and oxygen atoms in total. The Labute approximate surface area is 108 Å². The van der Waals surface area contributed by atoms with Crippen LogP contribution in [0.3, 0.4) is 0 Å². The standard InChI is InChI=1S/C16H17Cl/c1-12(17)16(9-10-16)11-14-7-4-6-13-5-2-3-8-15(13)14/h2-8,12H,9-11H2,1H3. The average molecular weight is 245 g/mol. The number of alkyl halides is 1. The molecular formula is C16H17Cl. The van der Waals surface area contributed by atoms with Crippen molar-refractivity contribution in [1.29, 1.82) is 0 Å². The van der Waals surface area contributed by atoms with Crippen LogP contribution in [-0.2, 0) is 6.42 Å². The third-order valence-corrected chi connectivity index (χ3v) is 4.62. The van der Waals surface area contributed by atoms with E-state index in [1.807, 2.05) is 0 Å². The van der Waals surface area contributed by atoms with Gasteiger partial charge in [-0.05, 0) is 47.9 Å². The van der Waals surface area contributed by atoms with E-state index in [2.05, 4.69) is 49.4 Å². The molecule has 1 atom stereocenters. The van der Waals surface area contributed by atoms with E-state index in [0.29, 0.717) is 5.41 Å². The molecule has 0 aliphatic heterocycles. The Morgan fingerprint density at radius 3 is 2.53 bits per heavy atom. The second-order valence-corrected chi connectivity index (χ2v) is 5.95. The Hall–Kier alpha value is -1.01. The molecule has 1 saturated carbocycles. The van der Waals surface area contributed by atoms with E-state index in [1.165, 1.54) is 29.2 Å². The molecule has 17 heavy (non-hydrogen) atoms. The largest absolute Gasteiger partial charge is 0.123 e. The van der Waals surface area contributed by atoms with Gasteiger partial charge in [0.25, 0.3) is 0 Å². The molecule has 1 fully saturated rings. The van der Waals surface area contributed by atoms with E-state index in [9.17, 15) is 0 Å². The summed E-state index contributed by atoms with van der Waals surface area (Å²) in [4.78, 5) is 0. The molecule has 0 radical (unpaired) electrons. The zero-order valence-electron chi connectivity index (χ0n) is 10.1. The monoisotopic (exact) mass is 244 g/mol. The highest BCUT2D eigenvalue weighted by Gasteiger charge is 2.46. The van der Waals surface area contributed by atoms with E-state index in [0.717, 1.165) is 6.42 Å². The molecule has 2 aromatic rings. The van der Waals surface area contributed by atoms with Crippen molar-refractivity contribution in [1.82, 2.24) is 0 Å². The highest BCUT2D eigenvalue weighted by atomic mass is 35.5. The SMILES string of the molecule is CC(Cl)C1(Cc2cccc3ccccc23)CC1.